The highest BCUT2D eigenvalue weighted by atomic mass is 16.5. The highest BCUT2D eigenvalue weighted by molar-refractivity contribution is 6.09. The molecule has 1 saturated carbocycles. The Morgan fingerprint density at radius 1 is 0.900 bits per heavy atom. The van der Waals surface area contributed by atoms with Gasteiger partial charge >= 0.3 is 0 Å². The Balaban J connectivity index is 1.74. The van der Waals surface area contributed by atoms with Crippen LogP contribution in [0.25, 0.3) is 0 Å². The van der Waals surface area contributed by atoms with Crippen molar-refractivity contribution in [3.05, 3.63) is 59.7 Å². The van der Waals surface area contributed by atoms with Gasteiger partial charge in [-0.2, -0.15) is 0 Å². The van der Waals surface area contributed by atoms with E-state index in [0.717, 1.165) is 24.3 Å². The van der Waals surface area contributed by atoms with Crippen LogP contribution in [0.4, 0.5) is 0 Å². The van der Waals surface area contributed by atoms with Crippen LogP contribution in [0.5, 0.6) is 11.5 Å². The van der Waals surface area contributed by atoms with Crippen molar-refractivity contribution in [2.24, 2.45) is 0 Å². The first-order chi connectivity index (χ1) is 9.76. The first-order valence-electron chi connectivity index (χ1n) is 6.72. The monoisotopic (exact) mass is 268 g/mol. The minimum Gasteiger partial charge on any atom is -0.497 e. The summed E-state index contributed by atoms with van der Waals surface area (Å²) < 4.78 is 10.8. The van der Waals surface area contributed by atoms with Gasteiger partial charge in [-0.15, -0.1) is 0 Å². The van der Waals surface area contributed by atoms with Crippen molar-refractivity contribution in [3.63, 3.8) is 0 Å². The summed E-state index contributed by atoms with van der Waals surface area (Å²) in [4.78, 5) is 12.3. The van der Waals surface area contributed by atoms with Gasteiger partial charge in [0.1, 0.15) is 11.5 Å². The standard InChI is InChI=1S/C17H16O3/c1-19-14-6-2-12(3-7-14)17(18)13-4-8-15(9-5-13)20-16-10-11-16/h2-9,16H,10-11H2,1H3. The van der Waals surface area contributed by atoms with Crippen LogP contribution in [0.1, 0.15) is 28.8 Å². The predicted octanol–water partition coefficient (Wildman–Crippen LogP) is 3.47. The lowest BCUT2D eigenvalue weighted by molar-refractivity contribution is 0.103. The summed E-state index contributed by atoms with van der Waals surface area (Å²) in [5, 5.41) is 0. The van der Waals surface area contributed by atoms with Crippen LogP contribution in [0.3, 0.4) is 0 Å². The molecule has 0 saturated heterocycles. The molecule has 102 valence electrons. The van der Waals surface area contributed by atoms with Crippen molar-refractivity contribution in [2.45, 2.75) is 18.9 Å². The molecule has 0 aliphatic heterocycles. The van der Waals surface area contributed by atoms with Gasteiger partial charge in [-0.3, -0.25) is 4.79 Å². The van der Waals surface area contributed by atoms with Crippen LogP contribution < -0.4 is 9.47 Å². The van der Waals surface area contributed by atoms with Gasteiger partial charge in [0.25, 0.3) is 0 Å². The minimum absolute atomic E-state index is 0.00521. The van der Waals surface area contributed by atoms with Crippen LogP contribution in [0.2, 0.25) is 0 Å². The lowest BCUT2D eigenvalue weighted by atomic mass is 10.0. The van der Waals surface area contributed by atoms with E-state index in [2.05, 4.69) is 0 Å². The summed E-state index contributed by atoms with van der Waals surface area (Å²) in [6.07, 6.45) is 2.64. The number of ketones is 1. The third-order valence-electron chi connectivity index (χ3n) is 3.30. The SMILES string of the molecule is COc1ccc(C(=O)c2ccc(OC3CC3)cc2)cc1. The number of hydrogen-bond donors (Lipinski definition) is 0. The van der Waals surface area contributed by atoms with Crippen molar-refractivity contribution in [1.29, 1.82) is 0 Å². The lowest BCUT2D eigenvalue weighted by Crippen LogP contribution is -2.02. The maximum absolute atomic E-state index is 12.3. The number of benzene rings is 2. The molecule has 20 heavy (non-hydrogen) atoms. The Morgan fingerprint density at radius 3 is 1.85 bits per heavy atom. The zero-order valence-electron chi connectivity index (χ0n) is 11.3. The van der Waals surface area contributed by atoms with Crippen LogP contribution in [0.15, 0.2) is 48.5 Å². The van der Waals surface area contributed by atoms with Crippen LogP contribution >= 0.6 is 0 Å². The molecular formula is C17H16O3. The molecule has 0 bridgehead atoms. The molecule has 1 fully saturated rings. The van der Waals surface area contributed by atoms with Gasteiger partial charge in [0.2, 0.25) is 0 Å². The maximum Gasteiger partial charge on any atom is 0.193 e. The molecule has 2 aromatic carbocycles. The van der Waals surface area contributed by atoms with Crippen molar-refractivity contribution >= 4 is 5.78 Å². The summed E-state index contributed by atoms with van der Waals surface area (Å²) in [6.45, 7) is 0. The molecule has 0 unspecified atom stereocenters. The number of carbonyl (C=O) groups excluding carboxylic acids is 1. The summed E-state index contributed by atoms with van der Waals surface area (Å²) in [7, 11) is 1.61. The third-order valence-corrected chi connectivity index (χ3v) is 3.30. The Labute approximate surface area is 118 Å². The van der Waals surface area contributed by atoms with E-state index in [4.69, 9.17) is 9.47 Å². The second-order valence-electron chi connectivity index (χ2n) is 4.90. The topological polar surface area (TPSA) is 35.5 Å². The summed E-state index contributed by atoms with van der Waals surface area (Å²) in [5.74, 6) is 1.58. The summed E-state index contributed by atoms with van der Waals surface area (Å²) in [5.41, 5.74) is 1.32. The average Bonchev–Trinajstić information content (AvgIpc) is 3.31. The van der Waals surface area contributed by atoms with E-state index in [1.165, 1.54) is 0 Å². The van der Waals surface area contributed by atoms with E-state index in [-0.39, 0.29) is 5.78 Å². The molecule has 0 amide bonds. The predicted molar refractivity (Wildman–Crippen MR) is 76.5 cm³/mol. The Morgan fingerprint density at radius 2 is 1.40 bits per heavy atom. The van der Waals surface area contributed by atoms with Crippen LogP contribution in [0, 0.1) is 0 Å². The lowest BCUT2D eigenvalue weighted by Gasteiger charge is -2.06. The van der Waals surface area contributed by atoms with E-state index in [0.29, 0.717) is 17.2 Å². The first kappa shape index (κ1) is 12.7. The fourth-order valence-electron chi connectivity index (χ4n) is 1.97. The molecule has 3 heteroatoms. The van der Waals surface area contributed by atoms with Gasteiger partial charge in [0.05, 0.1) is 13.2 Å². The van der Waals surface area contributed by atoms with Gasteiger partial charge < -0.3 is 9.47 Å². The van der Waals surface area contributed by atoms with E-state index >= 15 is 0 Å². The molecule has 3 rings (SSSR count). The molecule has 0 atom stereocenters. The van der Waals surface area contributed by atoms with Crippen molar-refractivity contribution < 1.29 is 14.3 Å². The van der Waals surface area contributed by atoms with Gasteiger partial charge in [-0.25, -0.2) is 0 Å². The van der Waals surface area contributed by atoms with Crippen molar-refractivity contribution in [1.82, 2.24) is 0 Å². The molecular weight excluding hydrogens is 252 g/mol. The van der Waals surface area contributed by atoms with Gasteiger partial charge in [-0.05, 0) is 61.4 Å². The molecule has 1 aliphatic carbocycles. The highest BCUT2D eigenvalue weighted by Crippen LogP contribution is 2.27. The van der Waals surface area contributed by atoms with Gasteiger partial charge in [0, 0.05) is 11.1 Å². The van der Waals surface area contributed by atoms with Crippen LogP contribution in [-0.4, -0.2) is 19.0 Å². The quantitative estimate of drug-likeness (QED) is 0.779. The smallest absolute Gasteiger partial charge is 0.193 e. The molecule has 0 heterocycles. The van der Waals surface area contributed by atoms with Crippen molar-refractivity contribution in [2.75, 3.05) is 7.11 Å². The van der Waals surface area contributed by atoms with Gasteiger partial charge in [0.15, 0.2) is 5.78 Å². The minimum atomic E-state index is 0.00521. The highest BCUT2D eigenvalue weighted by Gasteiger charge is 2.23. The normalized spacial score (nSPS) is 13.8. The van der Waals surface area contributed by atoms with Gasteiger partial charge in [-0.1, -0.05) is 0 Å². The second kappa shape index (κ2) is 5.37. The largest absolute Gasteiger partial charge is 0.497 e. The first-order valence-corrected chi connectivity index (χ1v) is 6.72. The van der Waals surface area contributed by atoms with Crippen LogP contribution in [-0.2, 0) is 0 Å². The van der Waals surface area contributed by atoms with E-state index < -0.39 is 0 Å². The van der Waals surface area contributed by atoms with Crippen molar-refractivity contribution in [3.8, 4) is 11.5 Å². The molecule has 3 nitrogen and oxygen atoms in total. The van der Waals surface area contributed by atoms with E-state index in [1.54, 1.807) is 31.4 Å². The van der Waals surface area contributed by atoms with E-state index in [9.17, 15) is 4.79 Å². The second-order valence-corrected chi connectivity index (χ2v) is 4.90. The zero-order chi connectivity index (χ0) is 13.9. The number of methoxy groups -OCH3 is 1. The fourth-order valence-corrected chi connectivity index (χ4v) is 1.97. The fraction of sp³-hybridized carbons (Fsp3) is 0.235. The number of hydrogen-bond acceptors (Lipinski definition) is 3. The number of rotatable bonds is 5. The molecule has 0 N–H and O–H groups in total. The van der Waals surface area contributed by atoms with E-state index in [1.807, 2.05) is 24.3 Å². The average molecular weight is 268 g/mol. The molecule has 1 aliphatic rings. The Kier molecular flexibility index (Phi) is 3.42. The zero-order valence-corrected chi connectivity index (χ0v) is 11.3. The summed E-state index contributed by atoms with van der Waals surface area (Å²) >= 11 is 0. The maximum atomic E-state index is 12.3. The third kappa shape index (κ3) is 2.82. The number of ether oxygens (including phenoxy) is 2. The molecule has 0 spiro atoms. The summed E-state index contributed by atoms with van der Waals surface area (Å²) in [6, 6.07) is 14.5. The Hall–Kier alpha value is -2.29. The molecule has 0 aromatic heterocycles. The Bertz CT molecular complexity index is 595. The molecule has 0 radical (unpaired) electrons. The molecule has 2 aromatic rings. The number of carbonyl (C=O) groups is 1.